The molecule has 24 heavy (non-hydrogen) atoms. The van der Waals surface area contributed by atoms with E-state index in [1.807, 2.05) is 49.4 Å². The number of nitrogens with zero attached hydrogens (tertiary/aromatic N) is 3. The third-order valence-electron chi connectivity index (χ3n) is 3.41. The molecule has 6 nitrogen and oxygen atoms in total. The Morgan fingerprint density at radius 2 is 1.58 bits per heavy atom. The van der Waals surface area contributed by atoms with Gasteiger partial charge in [0.2, 0.25) is 11.9 Å². The molecule has 1 heterocycles. The number of aryl methyl sites for hydroxylation is 1. The second-order valence-electron chi connectivity index (χ2n) is 5.36. The van der Waals surface area contributed by atoms with Crippen LogP contribution in [-0.4, -0.2) is 26.6 Å². The van der Waals surface area contributed by atoms with Crippen LogP contribution in [0.25, 0.3) is 0 Å². The number of aromatic nitrogens is 3. The van der Waals surface area contributed by atoms with Crippen LogP contribution in [-0.2, 0) is 6.42 Å². The summed E-state index contributed by atoms with van der Waals surface area (Å²) in [6.07, 6.45) is 0.812. The standard InChI is InChI=1S/C18H19N5O/c1-13-20-17(19-12-11-14-7-9-16(24)10-8-14)23-18(21-13)22-15-5-3-2-4-6-15/h2-10,24H,11-12H2,1H3,(H2,19,20,21,22,23). The molecule has 0 bridgehead atoms. The molecule has 6 heteroatoms. The number of hydrogen-bond acceptors (Lipinski definition) is 6. The minimum atomic E-state index is 0.274. The van der Waals surface area contributed by atoms with Gasteiger partial charge in [-0.15, -0.1) is 0 Å². The van der Waals surface area contributed by atoms with Crippen molar-refractivity contribution in [1.82, 2.24) is 15.0 Å². The molecule has 1 aromatic heterocycles. The summed E-state index contributed by atoms with van der Waals surface area (Å²) in [6, 6.07) is 16.9. The summed E-state index contributed by atoms with van der Waals surface area (Å²) in [6.45, 7) is 2.53. The number of benzene rings is 2. The fourth-order valence-electron chi connectivity index (χ4n) is 2.25. The smallest absolute Gasteiger partial charge is 0.232 e. The van der Waals surface area contributed by atoms with Crippen LogP contribution >= 0.6 is 0 Å². The van der Waals surface area contributed by atoms with E-state index in [0.29, 0.717) is 24.3 Å². The molecule has 0 aliphatic rings. The van der Waals surface area contributed by atoms with Crippen molar-refractivity contribution in [2.45, 2.75) is 13.3 Å². The largest absolute Gasteiger partial charge is 0.508 e. The van der Waals surface area contributed by atoms with Crippen molar-refractivity contribution in [3.63, 3.8) is 0 Å². The van der Waals surface area contributed by atoms with Crippen LogP contribution in [0.2, 0.25) is 0 Å². The van der Waals surface area contributed by atoms with Gasteiger partial charge in [-0.25, -0.2) is 0 Å². The van der Waals surface area contributed by atoms with Crippen molar-refractivity contribution in [1.29, 1.82) is 0 Å². The van der Waals surface area contributed by atoms with Crippen LogP contribution in [0.1, 0.15) is 11.4 Å². The first-order valence-electron chi connectivity index (χ1n) is 7.75. The molecule has 0 atom stereocenters. The third-order valence-corrected chi connectivity index (χ3v) is 3.41. The Balaban J connectivity index is 1.62. The maximum absolute atomic E-state index is 9.29. The van der Waals surface area contributed by atoms with E-state index in [9.17, 15) is 5.11 Å². The SMILES string of the molecule is Cc1nc(NCCc2ccc(O)cc2)nc(Nc2ccccc2)n1. The molecule has 2 aromatic carbocycles. The fourth-order valence-corrected chi connectivity index (χ4v) is 2.25. The molecule has 0 saturated carbocycles. The summed E-state index contributed by atoms with van der Waals surface area (Å²) in [4.78, 5) is 13.0. The van der Waals surface area contributed by atoms with Gasteiger partial charge in [0.05, 0.1) is 0 Å². The number of aromatic hydroxyl groups is 1. The van der Waals surface area contributed by atoms with Crippen LogP contribution in [0.4, 0.5) is 17.6 Å². The van der Waals surface area contributed by atoms with E-state index in [-0.39, 0.29) is 5.75 Å². The Morgan fingerprint density at radius 1 is 0.875 bits per heavy atom. The number of phenolic OH excluding ortho intramolecular Hbond substituents is 1. The van der Waals surface area contributed by atoms with Crippen LogP contribution in [0.3, 0.4) is 0 Å². The Hall–Kier alpha value is -3.15. The number of rotatable bonds is 6. The first-order valence-corrected chi connectivity index (χ1v) is 7.75. The Kier molecular flexibility index (Phi) is 4.86. The second kappa shape index (κ2) is 7.41. The Morgan fingerprint density at radius 3 is 2.33 bits per heavy atom. The first kappa shape index (κ1) is 15.7. The highest BCUT2D eigenvalue weighted by Crippen LogP contribution is 2.14. The molecular weight excluding hydrogens is 302 g/mol. The van der Waals surface area contributed by atoms with E-state index in [1.54, 1.807) is 12.1 Å². The number of nitrogens with one attached hydrogen (secondary N) is 2. The maximum atomic E-state index is 9.29. The average Bonchev–Trinajstić information content (AvgIpc) is 2.57. The predicted molar refractivity (Wildman–Crippen MR) is 94.6 cm³/mol. The van der Waals surface area contributed by atoms with Gasteiger partial charge in [0.1, 0.15) is 11.6 Å². The van der Waals surface area contributed by atoms with Crippen molar-refractivity contribution in [3.05, 3.63) is 66.0 Å². The van der Waals surface area contributed by atoms with Crippen molar-refractivity contribution >= 4 is 17.6 Å². The van der Waals surface area contributed by atoms with E-state index in [0.717, 1.165) is 17.7 Å². The molecule has 0 radical (unpaired) electrons. The highest BCUT2D eigenvalue weighted by molar-refractivity contribution is 5.53. The molecule has 0 unspecified atom stereocenters. The molecular formula is C18H19N5O. The second-order valence-corrected chi connectivity index (χ2v) is 5.36. The van der Waals surface area contributed by atoms with Crippen LogP contribution < -0.4 is 10.6 Å². The van der Waals surface area contributed by atoms with Gasteiger partial charge in [-0.05, 0) is 43.2 Å². The van der Waals surface area contributed by atoms with E-state index in [2.05, 4.69) is 25.6 Å². The molecule has 0 aliphatic carbocycles. The van der Waals surface area contributed by atoms with Gasteiger partial charge < -0.3 is 15.7 Å². The van der Waals surface area contributed by atoms with Crippen LogP contribution in [0.5, 0.6) is 5.75 Å². The van der Waals surface area contributed by atoms with E-state index < -0.39 is 0 Å². The van der Waals surface area contributed by atoms with Gasteiger partial charge in [-0.3, -0.25) is 0 Å². The van der Waals surface area contributed by atoms with Crippen LogP contribution in [0, 0.1) is 6.92 Å². The Labute approximate surface area is 140 Å². The highest BCUT2D eigenvalue weighted by atomic mass is 16.3. The van der Waals surface area contributed by atoms with Crippen molar-refractivity contribution < 1.29 is 5.11 Å². The number of hydrogen-bond donors (Lipinski definition) is 3. The molecule has 3 rings (SSSR count). The quantitative estimate of drug-likeness (QED) is 0.646. The van der Waals surface area contributed by atoms with Crippen molar-refractivity contribution in [2.75, 3.05) is 17.2 Å². The van der Waals surface area contributed by atoms with E-state index >= 15 is 0 Å². The summed E-state index contributed by atoms with van der Waals surface area (Å²) in [7, 11) is 0. The molecule has 0 fully saturated rings. The number of para-hydroxylation sites is 1. The van der Waals surface area contributed by atoms with Crippen LogP contribution in [0.15, 0.2) is 54.6 Å². The van der Waals surface area contributed by atoms with E-state index in [4.69, 9.17) is 0 Å². The summed E-state index contributed by atoms with van der Waals surface area (Å²) in [5, 5.41) is 15.7. The molecule has 0 saturated heterocycles. The maximum Gasteiger partial charge on any atom is 0.232 e. The number of anilines is 3. The summed E-state index contributed by atoms with van der Waals surface area (Å²) >= 11 is 0. The molecule has 0 aliphatic heterocycles. The lowest BCUT2D eigenvalue weighted by atomic mass is 10.1. The van der Waals surface area contributed by atoms with Crippen molar-refractivity contribution in [2.24, 2.45) is 0 Å². The van der Waals surface area contributed by atoms with Gasteiger partial charge in [-0.2, -0.15) is 15.0 Å². The Bertz CT molecular complexity index is 790. The third kappa shape index (κ3) is 4.42. The van der Waals surface area contributed by atoms with Gasteiger partial charge in [0.25, 0.3) is 0 Å². The lowest BCUT2D eigenvalue weighted by molar-refractivity contribution is 0.475. The lowest BCUT2D eigenvalue weighted by Gasteiger charge is -2.09. The van der Waals surface area contributed by atoms with Gasteiger partial charge in [0, 0.05) is 12.2 Å². The minimum Gasteiger partial charge on any atom is -0.508 e. The highest BCUT2D eigenvalue weighted by Gasteiger charge is 2.04. The molecule has 3 aromatic rings. The summed E-state index contributed by atoms with van der Waals surface area (Å²) < 4.78 is 0. The van der Waals surface area contributed by atoms with E-state index in [1.165, 1.54) is 0 Å². The molecule has 0 amide bonds. The zero-order valence-electron chi connectivity index (χ0n) is 13.4. The zero-order chi connectivity index (χ0) is 16.8. The zero-order valence-corrected chi connectivity index (χ0v) is 13.4. The monoisotopic (exact) mass is 321 g/mol. The molecule has 122 valence electrons. The predicted octanol–water partition coefficient (Wildman–Crippen LogP) is 3.28. The normalized spacial score (nSPS) is 10.4. The average molecular weight is 321 g/mol. The molecule has 3 N–H and O–H groups in total. The topological polar surface area (TPSA) is 83.0 Å². The fraction of sp³-hybridized carbons (Fsp3) is 0.167. The van der Waals surface area contributed by atoms with Gasteiger partial charge >= 0.3 is 0 Å². The van der Waals surface area contributed by atoms with Crippen molar-refractivity contribution in [3.8, 4) is 5.75 Å². The minimum absolute atomic E-state index is 0.274. The summed E-state index contributed by atoms with van der Waals surface area (Å²) in [5.41, 5.74) is 2.06. The number of phenols is 1. The first-order chi connectivity index (χ1) is 11.7. The van der Waals surface area contributed by atoms with Gasteiger partial charge in [0.15, 0.2) is 0 Å². The summed E-state index contributed by atoms with van der Waals surface area (Å²) in [5.74, 6) is 1.98. The van der Waals surface area contributed by atoms with Gasteiger partial charge in [-0.1, -0.05) is 30.3 Å². The molecule has 0 spiro atoms. The lowest BCUT2D eigenvalue weighted by Crippen LogP contribution is -2.11.